The standard InChI is InChI=1S/C20H21N3O2/c1-3-4-14-22(2)20(25)18-16-12-8-9-13-17(16)19(24)23(21-18)15-10-6-5-7-11-15/h5-13H,3-4,14H2,1-2H3. The maximum absolute atomic E-state index is 12.9. The summed E-state index contributed by atoms with van der Waals surface area (Å²) in [5, 5.41) is 5.50. The van der Waals surface area contributed by atoms with Crippen molar-refractivity contribution < 1.29 is 4.79 Å². The van der Waals surface area contributed by atoms with Crippen LogP contribution in [0.5, 0.6) is 0 Å². The van der Waals surface area contributed by atoms with E-state index in [1.165, 1.54) is 4.68 Å². The van der Waals surface area contributed by atoms with Crippen molar-refractivity contribution in [1.82, 2.24) is 14.7 Å². The molecule has 2 aromatic carbocycles. The van der Waals surface area contributed by atoms with Crippen LogP contribution in [0.1, 0.15) is 30.3 Å². The van der Waals surface area contributed by atoms with E-state index in [1.807, 2.05) is 24.3 Å². The first-order chi connectivity index (χ1) is 12.1. The SMILES string of the molecule is CCCCN(C)C(=O)c1nn(-c2ccccc2)c(=O)c2ccccc12. The van der Waals surface area contributed by atoms with Crippen LogP contribution in [-0.2, 0) is 0 Å². The topological polar surface area (TPSA) is 55.2 Å². The molecule has 0 N–H and O–H groups in total. The summed E-state index contributed by atoms with van der Waals surface area (Å²) in [4.78, 5) is 27.4. The molecule has 128 valence electrons. The number of nitrogens with zero attached hydrogens (tertiary/aromatic N) is 3. The van der Waals surface area contributed by atoms with Crippen LogP contribution in [0, 0.1) is 0 Å². The van der Waals surface area contributed by atoms with Gasteiger partial charge in [-0.2, -0.15) is 9.78 Å². The summed E-state index contributed by atoms with van der Waals surface area (Å²) in [5.41, 5.74) is 0.718. The molecule has 5 heteroatoms. The van der Waals surface area contributed by atoms with Crippen LogP contribution in [0.25, 0.3) is 16.5 Å². The summed E-state index contributed by atoms with van der Waals surface area (Å²) in [6.07, 6.45) is 1.94. The molecule has 3 aromatic rings. The minimum atomic E-state index is -0.227. The largest absolute Gasteiger partial charge is 0.340 e. The summed E-state index contributed by atoms with van der Waals surface area (Å²) in [7, 11) is 1.77. The van der Waals surface area contributed by atoms with Crippen LogP contribution in [0.3, 0.4) is 0 Å². The van der Waals surface area contributed by atoms with Crippen molar-refractivity contribution in [2.24, 2.45) is 0 Å². The molecule has 0 aliphatic heterocycles. The van der Waals surface area contributed by atoms with Crippen molar-refractivity contribution in [2.45, 2.75) is 19.8 Å². The van der Waals surface area contributed by atoms with E-state index in [1.54, 1.807) is 42.3 Å². The Balaban J connectivity index is 2.19. The Kier molecular flexibility index (Phi) is 4.93. The molecule has 0 aliphatic rings. The van der Waals surface area contributed by atoms with Gasteiger partial charge >= 0.3 is 0 Å². The molecule has 5 nitrogen and oxygen atoms in total. The number of carbonyl (C=O) groups excluding carboxylic acids is 1. The molecule has 25 heavy (non-hydrogen) atoms. The molecule has 0 unspecified atom stereocenters. The van der Waals surface area contributed by atoms with E-state index in [0.717, 1.165) is 12.8 Å². The first-order valence-corrected chi connectivity index (χ1v) is 8.46. The fraction of sp³-hybridized carbons (Fsp3) is 0.250. The second-order valence-corrected chi connectivity index (χ2v) is 6.03. The zero-order valence-corrected chi connectivity index (χ0v) is 14.5. The molecule has 0 bridgehead atoms. The van der Waals surface area contributed by atoms with Crippen LogP contribution in [0.2, 0.25) is 0 Å². The van der Waals surface area contributed by atoms with Gasteiger partial charge in [-0.1, -0.05) is 49.7 Å². The highest BCUT2D eigenvalue weighted by Crippen LogP contribution is 2.16. The molecule has 0 saturated carbocycles. The van der Waals surface area contributed by atoms with Crippen molar-refractivity contribution in [3.05, 3.63) is 70.6 Å². The second-order valence-electron chi connectivity index (χ2n) is 6.03. The lowest BCUT2D eigenvalue weighted by molar-refractivity contribution is 0.0788. The van der Waals surface area contributed by atoms with E-state index in [9.17, 15) is 9.59 Å². The van der Waals surface area contributed by atoms with Gasteiger partial charge in [-0.15, -0.1) is 0 Å². The number of amides is 1. The maximum atomic E-state index is 12.9. The minimum Gasteiger partial charge on any atom is -0.340 e. The third-order valence-corrected chi connectivity index (χ3v) is 4.20. The number of hydrogen-bond donors (Lipinski definition) is 0. The molecule has 0 radical (unpaired) electrons. The minimum absolute atomic E-state index is 0.172. The first kappa shape index (κ1) is 16.9. The van der Waals surface area contributed by atoms with Crippen LogP contribution < -0.4 is 5.56 Å². The third kappa shape index (κ3) is 3.31. The fourth-order valence-corrected chi connectivity index (χ4v) is 2.77. The van der Waals surface area contributed by atoms with Crippen molar-refractivity contribution in [3.63, 3.8) is 0 Å². The number of carbonyl (C=O) groups is 1. The summed E-state index contributed by atoms with van der Waals surface area (Å²) in [5.74, 6) is -0.172. The Labute approximate surface area is 146 Å². The third-order valence-electron chi connectivity index (χ3n) is 4.20. The number of hydrogen-bond acceptors (Lipinski definition) is 3. The normalized spacial score (nSPS) is 10.8. The van der Waals surface area contributed by atoms with Crippen molar-refractivity contribution >= 4 is 16.7 Å². The van der Waals surface area contributed by atoms with Crippen molar-refractivity contribution in [2.75, 3.05) is 13.6 Å². The average molecular weight is 335 g/mol. The van der Waals surface area contributed by atoms with Gasteiger partial charge < -0.3 is 4.90 Å². The number of unbranched alkanes of at least 4 members (excludes halogenated alkanes) is 1. The van der Waals surface area contributed by atoms with Crippen molar-refractivity contribution in [1.29, 1.82) is 0 Å². The molecular weight excluding hydrogens is 314 g/mol. The Morgan fingerprint density at radius 3 is 2.36 bits per heavy atom. The molecular formula is C20H21N3O2. The van der Waals surface area contributed by atoms with Gasteiger partial charge in [-0.25, -0.2) is 0 Å². The molecule has 0 fully saturated rings. The van der Waals surface area contributed by atoms with Gasteiger partial charge in [0.2, 0.25) is 0 Å². The van der Waals surface area contributed by atoms with Gasteiger partial charge in [0.15, 0.2) is 5.69 Å². The number of benzene rings is 2. The molecule has 1 heterocycles. The summed E-state index contributed by atoms with van der Waals surface area (Å²) >= 11 is 0. The van der Waals surface area contributed by atoms with Crippen LogP contribution in [0.4, 0.5) is 0 Å². The number of para-hydroxylation sites is 1. The van der Waals surface area contributed by atoms with Gasteiger partial charge in [-0.3, -0.25) is 9.59 Å². The molecule has 0 spiro atoms. The van der Waals surface area contributed by atoms with Crippen LogP contribution in [-0.4, -0.2) is 34.2 Å². The summed E-state index contributed by atoms with van der Waals surface area (Å²) in [6.45, 7) is 2.75. The lowest BCUT2D eigenvalue weighted by atomic mass is 10.1. The van der Waals surface area contributed by atoms with E-state index in [2.05, 4.69) is 12.0 Å². The highest BCUT2D eigenvalue weighted by molar-refractivity contribution is 6.04. The number of aromatic nitrogens is 2. The Hall–Kier alpha value is -2.95. The monoisotopic (exact) mass is 335 g/mol. The number of rotatable bonds is 5. The molecule has 0 saturated heterocycles. The predicted octanol–water partition coefficient (Wildman–Crippen LogP) is 3.26. The lowest BCUT2D eigenvalue weighted by Gasteiger charge is -2.18. The zero-order chi connectivity index (χ0) is 17.8. The van der Waals surface area contributed by atoms with Crippen LogP contribution >= 0.6 is 0 Å². The van der Waals surface area contributed by atoms with Crippen molar-refractivity contribution in [3.8, 4) is 5.69 Å². The second kappa shape index (κ2) is 7.30. The molecule has 0 aliphatic carbocycles. The van der Waals surface area contributed by atoms with E-state index < -0.39 is 0 Å². The average Bonchev–Trinajstić information content (AvgIpc) is 2.66. The van der Waals surface area contributed by atoms with Crippen LogP contribution in [0.15, 0.2) is 59.4 Å². The molecule has 3 rings (SSSR count). The van der Waals surface area contributed by atoms with E-state index in [-0.39, 0.29) is 11.5 Å². The summed E-state index contributed by atoms with van der Waals surface area (Å²) in [6, 6.07) is 16.3. The van der Waals surface area contributed by atoms with Gasteiger partial charge in [0.25, 0.3) is 11.5 Å². The van der Waals surface area contributed by atoms with Gasteiger partial charge in [-0.05, 0) is 24.6 Å². The van der Waals surface area contributed by atoms with E-state index in [4.69, 9.17) is 0 Å². The smallest absolute Gasteiger partial charge is 0.279 e. The quantitative estimate of drug-likeness (QED) is 0.719. The van der Waals surface area contributed by atoms with Gasteiger partial charge in [0.1, 0.15) is 0 Å². The Morgan fingerprint density at radius 1 is 1.04 bits per heavy atom. The summed E-state index contributed by atoms with van der Waals surface area (Å²) < 4.78 is 1.31. The predicted molar refractivity (Wildman–Crippen MR) is 99.2 cm³/mol. The highest BCUT2D eigenvalue weighted by Gasteiger charge is 2.20. The van der Waals surface area contributed by atoms with Gasteiger partial charge in [0, 0.05) is 19.0 Å². The lowest BCUT2D eigenvalue weighted by Crippen LogP contribution is -2.32. The fourth-order valence-electron chi connectivity index (χ4n) is 2.77. The number of fused-ring (bicyclic) bond motifs is 1. The molecule has 1 aromatic heterocycles. The molecule has 1 amide bonds. The van der Waals surface area contributed by atoms with E-state index >= 15 is 0 Å². The highest BCUT2D eigenvalue weighted by atomic mass is 16.2. The van der Waals surface area contributed by atoms with Gasteiger partial charge in [0.05, 0.1) is 11.1 Å². The Bertz CT molecular complexity index is 948. The molecule has 0 atom stereocenters. The van der Waals surface area contributed by atoms with E-state index in [0.29, 0.717) is 28.7 Å². The Morgan fingerprint density at radius 2 is 1.68 bits per heavy atom. The zero-order valence-electron chi connectivity index (χ0n) is 14.5. The first-order valence-electron chi connectivity index (χ1n) is 8.46. The maximum Gasteiger partial charge on any atom is 0.279 e.